The molecule has 0 radical (unpaired) electrons. The van der Waals surface area contributed by atoms with Crippen molar-refractivity contribution in [3.05, 3.63) is 71.8 Å². The van der Waals surface area contributed by atoms with E-state index in [9.17, 15) is 4.39 Å². The fraction of sp³-hybridized carbons (Fsp3) is 0.294. The maximum Gasteiger partial charge on any atom is 0.0912 e. The second kappa shape index (κ2) is 7.78. The summed E-state index contributed by atoms with van der Waals surface area (Å²) in [7, 11) is 0. The van der Waals surface area contributed by atoms with Gasteiger partial charge in [0.05, 0.1) is 6.67 Å². The summed E-state index contributed by atoms with van der Waals surface area (Å²) in [5.41, 5.74) is 8.24. The molecular weight excluding hydrogens is 251 g/mol. The molecule has 0 unspecified atom stereocenters. The maximum absolute atomic E-state index is 12.8. The van der Waals surface area contributed by atoms with Crippen molar-refractivity contribution in [3.63, 3.8) is 0 Å². The molecule has 108 valence electrons. The normalized spacial score (nSPS) is 10.9. The van der Waals surface area contributed by atoms with Crippen LogP contribution in [0.15, 0.2) is 60.7 Å². The molecule has 0 aromatic heterocycles. The van der Waals surface area contributed by atoms with E-state index < -0.39 is 5.54 Å². The number of alkyl halides is 1. The highest BCUT2D eigenvalue weighted by Gasteiger charge is 2.25. The molecule has 2 nitrogen and oxygen atoms in total. The zero-order chi connectivity index (χ0) is 13.6. The summed E-state index contributed by atoms with van der Waals surface area (Å²) in [5.74, 6) is 0. The van der Waals surface area contributed by atoms with E-state index in [-0.39, 0.29) is 12.8 Å². The van der Waals surface area contributed by atoms with Gasteiger partial charge >= 0.3 is 0 Å². The van der Waals surface area contributed by atoms with Crippen molar-refractivity contribution in [3.8, 4) is 0 Å². The van der Waals surface area contributed by atoms with Gasteiger partial charge in [0.1, 0.15) is 0 Å². The Kier molecular flexibility index (Phi) is 6.36. The lowest BCUT2D eigenvalue weighted by molar-refractivity contribution is 0.329. The molecule has 0 heterocycles. The third kappa shape index (κ3) is 4.76. The molecule has 0 aliphatic heterocycles. The van der Waals surface area contributed by atoms with Crippen LogP contribution in [-0.4, -0.2) is 12.2 Å². The minimum absolute atomic E-state index is 0. The van der Waals surface area contributed by atoms with Gasteiger partial charge in [-0.05, 0) is 30.4 Å². The van der Waals surface area contributed by atoms with E-state index in [0.29, 0.717) is 19.3 Å². The number of nitrogens with two attached hydrogens (primary N) is 1. The molecule has 0 bridgehead atoms. The number of rotatable bonds is 6. The van der Waals surface area contributed by atoms with Crippen molar-refractivity contribution in [2.24, 2.45) is 5.73 Å². The van der Waals surface area contributed by atoms with Gasteiger partial charge in [-0.15, -0.1) is 0 Å². The van der Waals surface area contributed by atoms with Crippen molar-refractivity contribution in [1.82, 2.24) is 6.15 Å². The molecule has 0 atom stereocenters. The molecule has 2 aromatic rings. The van der Waals surface area contributed by atoms with Crippen LogP contribution in [0.5, 0.6) is 0 Å². The summed E-state index contributed by atoms with van der Waals surface area (Å²) in [6.07, 6.45) is 1.79. The van der Waals surface area contributed by atoms with E-state index in [2.05, 4.69) is 0 Å². The Labute approximate surface area is 120 Å². The largest absolute Gasteiger partial charge is 0.344 e. The van der Waals surface area contributed by atoms with Gasteiger partial charge in [-0.25, -0.2) is 0 Å². The lowest BCUT2D eigenvalue weighted by Gasteiger charge is -2.29. The first-order valence-corrected chi connectivity index (χ1v) is 6.65. The Hall–Kier alpha value is -1.71. The number of hydrogen-bond acceptors (Lipinski definition) is 2. The molecule has 2 rings (SSSR count). The molecule has 0 saturated heterocycles. The summed E-state index contributed by atoms with van der Waals surface area (Å²) in [5, 5.41) is 0. The van der Waals surface area contributed by atoms with Crippen LogP contribution >= 0.6 is 0 Å². The molecule has 0 spiro atoms. The van der Waals surface area contributed by atoms with Crippen LogP contribution in [0.4, 0.5) is 4.39 Å². The summed E-state index contributed by atoms with van der Waals surface area (Å²) >= 11 is 0. The van der Waals surface area contributed by atoms with E-state index in [1.54, 1.807) is 0 Å². The van der Waals surface area contributed by atoms with E-state index in [4.69, 9.17) is 5.73 Å². The van der Waals surface area contributed by atoms with Gasteiger partial charge in [-0.2, -0.15) is 0 Å². The van der Waals surface area contributed by atoms with Crippen molar-refractivity contribution < 1.29 is 4.39 Å². The first kappa shape index (κ1) is 16.3. The summed E-state index contributed by atoms with van der Waals surface area (Å²) in [6, 6.07) is 20.1. The molecule has 0 aliphatic rings. The number of halogens is 1. The lowest BCUT2D eigenvalue weighted by atomic mass is 9.83. The van der Waals surface area contributed by atoms with Crippen LogP contribution in [0.3, 0.4) is 0 Å². The summed E-state index contributed by atoms with van der Waals surface area (Å²) in [4.78, 5) is 0. The van der Waals surface area contributed by atoms with Crippen molar-refractivity contribution >= 4 is 0 Å². The predicted molar refractivity (Wildman–Crippen MR) is 82.8 cm³/mol. The monoisotopic (exact) mass is 274 g/mol. The van der Waals surface area contributed by atoms with E-state index in [1.165, 1.54) is 0 Å². The molecule has 3 heteroatoms. The minimum Gasteiger partial charge on any atom is -0.344 e. The van der Waals surface area contributed by atoms with Crippen LogP contribution in [-0.2, 0) is 12.8 Å². The first-order chi connectivity index (χ1) is 9.22. The Morgan fingerprint density at radius 2 is 1.20 bits per heavy atom. The Morgan fingerprint density at radius 3 is 1.55 bits per heavy atom. The van der Waals surface area contributed by atoms with Crippen LogP contribution < -0.4 is 11.9 Å². The van der Waals surface area contributed by atoms with Crippen molar-refractivity contribution in [2.75, 3.05) is 6.67 Å². The molecule has 2 aromatic carbocycles. The molecule has 0 fully saturated rings. The molecule has 5 N–H and O–H groups in total. The van der Waals surface area contributed by atoms with Gasteiger partial charge in [0.25, 0.3) is 0 Å². The van der Waals surface area contributed by atoms with E-state index in [1.807, 2.05) is 60.7 Å². The van der Waals surface area contributed by atoms with Crippen molar-refractivity contribution in [1.29, 1.82) is 0 Å². The van der Waals surface area contributed by atoms with Gasteiger partial charge in [-0.3, -0.25) is 4.39 Å². The lowest BCUT2D eigenvalue weighted by Crippen LogP contribution is -2.44. The fourth-order valence-electron chi connectivity index (χ4n) is 2.43. The quantitative estimate of drug-likeness (QED) is 0.844. The van der Waals surface area contributed by atoms with Crippen LogP contribution in [0.1, 0.15) is 17.5 Å². The predicted octanol–water partition coefficient (Wildman–Crippen LogP) is 3.69. The van der Waals surface area contributed by atoms with Gasteiger partial charge in [0.2, 0.25) is 0 Å². The second-order valence-electron chi connectivity index (χ2n) is 5.13. The fourth-order valence-corrected chi connectivity index (χ4v) is 2.43. The maximum atomic E-state index is 12.8. The van der Waals surface area contributed by atoms with Crippen LogP contribution in [0.2, 0.25) is 0 Å². The van der Waals surface area contributed by atoms with Gasteiger partial charge < -0.3 is 11.9 Å². The summed E-state index contributed by atoms with van der Waals surface area (Å²) in [6.45, 7) is -0.379. The number of hydrogen-bond donors (Lipinski definition) is 2. The SMILES string of the molecule is N.NC(CCF)(Cc1ccccc1)Cc1ccccc1. The van der Waals surface area contributed by atoms with Gasteiger partial charge in [0.15, 0.2) is 0 Å². The third-order valence-corrected chi connectivity index (χ3v) is 3.39. The highest BCUT2D eigenvalue weighted by molar-refractivity contribution is 5.22. The van der Waals surface area contributed by atoms with Crippen LogP contribution in [0.25, 0.3) is 0 Å². The highest BCUT2D eigenvalue weighted by atomic mass is 19.1. The Balaban J connectivity index is 0.00000200. The highest BCUT2D eigenvalue weighted by Crippen LogP contribution is 2.20. The third-order valence-electron chi connectivity index (χ3n) is 3.39. The smallest absolute Gasteiger partial charge is 0.0912 e. The van der Waals surface area contributed by atoms with E-state index in [0.717, 1.165) is 11.1 Å². The van der Waals surface area contributed by atoms with Crippen LogP contribution in [0, 0.1) is 0 Å². The Bertz CT molecular complexity index is 443. The molecule has 0 aliphatic carbocycles. The first-order valence-electron chi connectivity index (χ1n) is 6.65. The molecular formula is C17H23FN2. The standard InChI is InChI=1S/C17H20FN.H3N/c18-12-11-17(19,13-15-7-3-1-4-8-15)14-16-9-5-2-6-10-16;/h1-10H,11-14,19H2;1H3. The Morgan fingerprint density at radius 1 is 0.800 bits per heavy atom. The molecule has 20 heavy (non-hydrogen) atoms. The molecule has 0 saturated carbocycles. The average molecular weight is 274 g/mol. The topological polar surface area (TPSA) is 61.0 Å². The zero-order valence-electron chi connectivity index (χ0n) is 11.8. The van der Waals surface area contributed by atoms with Gasteiger partial charge in [0, 0.05) is 5.54 Å². The van der Waals surface area contributed by atoms with E-state index >= 15 is 0 Å². The van der Waals surface area contributed by atoms with Crippen molar-refractivity contribution in [2.45, 2.75) is 24.8 Å². The number of benzene rings is 2. The second-order valence-corrected chi connectivity index (χ2v) is 5.13. The van der Waals surface area contributed by atoms with Gasteiger partial charge in [-0.1, -0.05) is 60.7 Å². The summed E-state index contributed by atoms with van der Waals surface area (Å²) < 4.78 is 12.8. The average Bonchev–Trinajstić information content (AvgIpc) is 2.41. The molecule has 0 amide bonds. The zero-order valence-corrected chi connectivity index (χ0v) is 11.8. The minimum atomic E-state index is -0.516.